The normalized spacial score (nSPS) is 14.2. The summed E-state index contributed by atoms with van der Waals surface area (Å²) >= 11 is 0. The molecule has 4 N–H and O–H groups in total. The molecule has 0 heterocycles. The largest absolute Gasteiger partial charge is 0.387 e. The number of amides is 1. The summed E-state index contributed by atoms with van der Waals surface area (Å²) in [5.74, 6) is -1.53. The van der Waals surface area contributed by atoms with Crippen LogP contribution in [0.3, 0.4) is 0 Å². The van der Waals surface area contributed by atoms with Gasteiger partial charge in [-0.3, -0.25) is 9.35 Å². The summed E-state index contributed by atoms with van der Waals surface area (Å²) in [5, 5.41) is 23.3. The van der Waals surface area contributed by atoms with E-state index in [9.17, 15) is 28.0 Å². The average Bonchev–Trinajstić information content (AvgIpc) is 3.00. The highest BCUT2D eigenvalue weighted by Gasteiger charge is 2.27. The van der Waals surface area contributed by atoms with E-state index in [1.165, 1.54) is 134 Å². The van der Waals surface area contributed by atoms with Crippen molar-refractivity contribution in [3.05, 3.63) is 12.2 Å². The van der Waals surface area contributed by atoms with Crippen LogP contribution in [0.1, 0.15) is 194 Å². The Balaban J connectivity index is 4.05. The van der Waals surface area contributed by atoms with E-state index in [0.717, 1.165) is 38.5 Å². The van der Waals surface area contributed by atoms with Crippen LogP contribution in [-0.2, 0) is 14.9 Å². The number of unbranched alkanes of at least 4 members (excludes halogenated alkanes) is 25. The molecule has 0 aliphatic carbocycles. The van der Waals surface area contributed by atoms with Crippen molar-refractivity contribution in [2.24, 2.45) is 0 Å². The van der Waals surface area contributed by atoms with E-state index >= 15 is 0 Å². The van der Waals surface area contributed by atoms with E-state index in [4.69, 9.17) is 0 Å². The van der Waals surface area contributed by atoms with E-state index in [-0.39, 0.29) is 6.42 Å². The Morgan fingerprint density at radius 1 is 0.600 bits per heavy atom. The van der Waals surface area contributed by atoms with Gasteiger partial charge in [-0.15, -0.1) is 0 Å². The van der Waals surface area contributed by atoms with Crippen LogP contribution in [0.15, 0.2) is 12.2 Å². The first kappa shape index (κ1) is 44.0. The third-order valence-corrected chi connectivity index (χ3v) is 9.60. The van der Waals surface area contributed by atoms with E-state index in [1.54, 1.807) is 6.08 Å². The van der Waals surface area contributed by atoms with Crippen LogP contribution in [0, 0.1) is 0 Å². The molecule has 0 aliphatic rings. The van der Waals surface area contributed by atoms with Gasteiger partial charge in [-0.1, -0.05) is 187 Å². The van der Waals surface area contributed by atoms with Crippen LogP contribution < -0.4 is 5.32 Å². The predicted molar refractivity (Wildman–Crippen MR) is 190 cm³/mol. The van der Waals surface area contributed by atoms with Crippen LogP contribution in [-0.4, -0.2) is 53.1 Å². The highest BCUT2D eigenvalue weighted by atomic mass is 32.2. The molecular weight excluding hydrogens is 586 g/mol. The van der Waals surface area contributed by atoms with E-state index < -0.39 is 40.0 Å². The lowest BCUT2D eigenvalue weighted by Crippen LogP contribution is -2.50. The molecule has 0 rings (SSSR count). The molecule has 0 saturated carbocycles. The summed E-state index contributed by atoms with van der Waals surface area (Å²) in [6.45, 7) is 4.48. The number of rotatable bonds is 34. The minimum absolute atomic E-state index is 0.284. The Kier molecular flexibility index (Phi) is 31.0. The van der Waals surface area contributed by atoms with Gasteiger partial charge in [-0.25, -0.2) is 0 Å². The second kappa shape index (κ2) is 31.6. The van der Waals surface area contributed by atoms with Gasteiger partial charge in [0.05, 0.1) is 17.9 Å². The molecule has 0 aromatic rings. The number of aliphatic hydroxyl groups is 2. The summed E-state index contributed by atoms with van der Waals surface area (Å²) in [4.78, 5) is 12.5. The maximum Gasteiger partial charge on any atom is 0.267 e. The monoisotopic (exact) mass is 660 g/mol. The number of allylic oxidation sites excluding steroid dienone is 1. The Labute approximate surface area is 278 Å². The lowest BCUT2D eigenvalue weighted by Gasteiger charge is -2.22. The number of hydrogen-bond donors (Lipinski definition) is 4. The molecule has 45 heavy (non-hydrogen) atoms. The molecule has 8 heteroatoms. The second-order valence-corrected chi connectivity index (χ2v) is 14.9. The van der Waals surface area contributed by atoms with Crippen molar-refractivity contribution in [1.82, 2.24) is 5.32 Å². The van der Waals surface area contributed by atoms with Gasteiger partial charge in [0, 0.05) is 0 Å². The molecule has 0 aliphatic heterocycles. The summed E-state index contributed by atoms with van der Waals surface area (Å²) < 4.78 is 32.4. The van der Waals surface area contributed by atoms with Gasteiger partial charge in [-0.2, -0.15) is 8.42 Å². The fourth-order valence-corrected chi connectivity index (χ4v) is 6.60. The van der Waals surface area contributed by atoms with Crippen molar-refractivity contribution in [2.45, 2.75) is 212 Å². The smallest absolute Gasteiger partial charge is 0.267 e. The zero-order valence-electron chi connectivity index (χ0n) is 29.4. The molecule has 0 aromatic carbocycles. The SMILES string of the molecule is CCCCCCCCCCCCCCCCCC/C=C/C(O)C(CS(=O)(=O)O)NC(=O)C(O)CCCCCCCCCCCC. The van der Waals surface area contributed by atoms with E-state index in [0.29, 0.717) is 6.42 Å². The third kappa shape index (κ3) is 31.4. The number of carbonyl (C=O) groups is 1. The Morgan fingerprint density at radius 3 is 1.33 bits per heavy atom. The Bertz CT molecular complexity index is 788. The fraction of sp³-hybridized carbons (Fsp3) is 0.919. The molecule has 0 aromatic heterocycles. The Morgan fingerprint density at radius 2 is 0.956 bits per heavy atom. The number of hydrogen-bond acceptors (Lipinski definition) is 5. The van der Waals surface area contributed by atoms with E-state index in [2.05, 4.69) is 19.2 Å². The molecule has 7 nitrogen and oxygen atoms in total. The molecule has 0 fully saturated rings. The zero-order valence-corrected chi connectivity index (χ0v) is 30.2. The summed E-state index contributed by atoms with van der Waals surface area (Å²) in [6, 6.07) is -1.23. The minimum Gasteiger partial charge on any atom is -0.387 e. The molecule has 1 amide bonds. The maximum absolute atomic E-state index is 12.5. The Hall–Kier alpha value is -0.960. The van der Waals surface area contributed by atoms with Crippen molar-refractivity contribution in [3.8, 4) is 0 Å². The van der Waals surface area contributed by atoms with Gasteiger partial charge in [0.15, 0.2) is 0 Å². The molecule has 0 saturated heterocycles. The highest BCUT2D eigenvalue weighted by molar-refractivity contribution is 7.85. The van der Waals surface area contributed by atoms with Crippen LogP contribution >= 0.6 is 0 Å². The minimum atomic E-state index is -4.43. The molecule has 3 unspecified atom stereocenters. The van der Waals surface area contributed by atoms with Crippen molar-refractivity contribution < 1.29 is 28.0 Å². The standard InChI is InChI=1S/C37H73NO6S/c1-3-5-7-9-11-13-15-16-17-18-19-20-21-22-24-25-27-29-31-35(39)34(33-45(42,43)44)38-37(41)36(40)32-30-28-26-23-14-12-10-8-6-4-2/h29,31,34-36,39-40H,3-28,30,32-33H2,1-2H3,(H,38,41)(H,42,43,44)/b31-29+. The van der Waals surface area contributed by atoms with Gasteiger partial charge >= 0.3 is 0 Å². The highest BCUT2D eigenvalue weighted by Crippen LogP contribution is 2.15. The zero-order chi connectivity index (χ0) is 33.4. The van der Waals surface area contributed by atoms with Crippen molar-refractivity contribution in [1.29, 1.82) is 0 Å². The summed E-state index contributed by atoms with van der Waals surface area (Å²) in [6.07, 6.45) is 34.1. The second-order valence-electron chi connectivity index (χ2n) is 13.4. The van der Waals surface area contributed by atoms with Gasteiger partial charge in [0.1, 0.15) is 6.10 Å². The lowest BCUT2D eigenvalue weighted by molar-refractivity contribution is -0.130. The topological polar surface area (TPSA) is 124 Å². The van der Waals surface area contributed by atoms with Gasteiger partial charge in [0.2, 0.25) is 5.91 Å². The first-order chi connectivity index (χ1) is 21.7. The van der Waals surface area contributed by atoms with Crippen LogP contribution in [0.5, 0.6) is 0 Å². The van der Waals surface area contributed by atoms with E-state index in [1.807, 2.05) is 0 Å². The number of aliphatic hydroxyl groups excluding tert-OH is 2. The van der Waals surface area contributed by atoms with Crippen molar-refractivity contribution in [2.75, 3.05) is 5.75 Å². The first-order valence-electron chi connectivity index (χ1n) is 19.0. The van der Waals surface area contributed by atoms with Crippen LogP contribution in [0.4, 0.5) is 0 Å². The summed E-state index contributed by atoms with van der Waals surface area (Å²) in [7, 11) is -4.43. The molecule has 268 valence electrons. The van der Waals surface area contributed by atoms with Crippen LogP contribution in [0.25, 0.3) is 0 Å². The van der Waals surface area contributed by atoms with Gasteiger partial charge in [0.25, 0.3) is 10.1 Å². The number of carbonyl (C=O) groups excluding carboxylic acids is 1. The van der Waals surface area contributed by atoms with Gasteiger partial charge < -0.3 is 15.5 Å². The van der Waals surface area contributed by atoms with Crippen molar-refractivity contribution in [3.63, 3.8) is 0 Å². The maximum atomic E-state index is 12.5. The van der Waals surface area contributed by atoms with Crippen LogP contribution in [0.2, 0.25) is 0 Å². The first-order valence-corrected chi connectivity index (χ1v) is 20.6. The molecule has 0 bridgehead atoms. The quantitative estimate of drug-likeness (QED) is 0.0310. The third-order valence-electron chi connectivity index (χ3n) is 8.82. The average molecular weight is 660 g/mol. The number of nitrogens with one attached hydrogen (secondary N) is 1. The molecule has 0 radical (unpaired) electrons. The van der Waals surface area contributed by atoms with Crippen molar-refractivity contribution >= 4 is 16.0 Å². The molecular formula is C37H73NO6S. The predicted octanol–water partition coefficient (Wildman–Crippen LogP) is 9.60. The lowest BCUT2D eigenvalue weighted by atomic mass is 10.0. The molecule has 3 atom stereocenters. The van der Waals surface area contributed by atoms with Gasteiger partial charge in [-0.05, 0) is 19.3 Å². The summed E-state index contributed by atoms with van der Waals surface area (Å²) in [5.41, 5.74) is 0. The fourth-order valence-electron chi connectivity index (χ4n) is 5.87. The molecule has 0 spiro atoms.